The summed E-state index contributed by atoms with van der Waals surface area (Å²) in [7, 11) is 0.883. The number of nitrogens with one attached hydrogen (secondary N) is 1. The largest absolute Gasteiger partial charge is 0.573 e. The summed E-state index contributed by atoms with van der Waals surface area (Å²) in [6.45, 7) is 0.920. The van der Waals surface area contributed by atoms with Crippen LogP contribution in [0.1, 0.15) is 17.0 Å². The second-order valence-corrected chi connectivity index (χ2v) is 9.15. The molecule has 0 aliphatic carbocycles. The van der Waals surface area contributed by atoms with Crippen molar-refractivity contribution in [2.75, 3.05) is 25.1 Å². The average Bonchev–Trinajstić information content (AvgIpc) is 3.40. The van der Waals surface area contributed by atoms with Gasteiger partial charge in [0.15, 0.2) is 22.5 Å². The van der Waals surface area contributed by atoms with Crippen LogP contribution in [-0.4, -0.2) is 54.8 Å². The summed E-state index contributed by atoms with van der Waals surface area (Å²) < 4.78 is 97.5. The molecule has 184 valence electrons. The quantitative estimate of drug-likeness (QED) is 0.496. The van der Waals surface area contributed by atoms with Crippen molar-refractivity contribution in [1.82, 2.24) is 15.3 Å². The van der Waals surface area contributed by atoms with Crippen LogP contribution in [0.3, 0.4) is 0 Å². The molecule has 14 heteroatoms. The lowest BCUT2D eigenvalue weighted by Gasteiger charge is -2.47. The van der Waals surface area contributed by atoms with Crippen LogP contribution in [0.5, 0.6) is 5.75 Å². The molecule has 3 fully saturated rings. The van der Waals surface area contributed by atoms with E-state index in [0.717, 1.165) is 37.0 Å². The first kappa shape index (κ1) is 23.2. The minimum Gasteiger partial charge on any atom is -0.423 e. The van der Waals surface area contributed by atoms with E-state index in [1.165, 1.54) is 11.6 Å². The summed E-state index contributed by atoms with van der Waals surface area (Å²) in [4.78, 5) is 9.76. The normalized spacial score (nSPS) is 22.5. The van der Waals surface area contributed by atoms with Crippen LogP contribution in [0.15, 0.2) is 28.1 Å². The topological polar surface area (TPSA) is 72.7 Å². The van der Waals surface area contributed by atoms with Gasteiger partial charge in [0.25, 0.3) is 6.01 Å². The number of rotatable bonds is 6. The molecule has 7 nitrogen and oxygen atoms in total. The van der Waals surface area contributed by atoms with Crippen LogP contribution >= 0.6 is 11.3 Å². The number of oxazole rings is 1. The highest BCUT2D eigenvalue weighted by atomic mass is 32.1. The van der Waals surface area contributed by atoms with Crippen molar-refractivity contribution >= 4 is 28.5 Å². The van der Waals surface area contributed by atoms with Crippen molar-refractivity contribution in [3.63, 3.8) is 0 Å². The fourth-order valence-electron chi connectivity index (χ4n) is 4.50. The summed E-state index contributed by atoms with van der Waals surface area (Å²) in [5.74, 6) is -0.761. The molecule has 1 aromatic carbocycles. The summed E-state index contributed by atoms with van der Waals surface area (Å²) in [5.41, 5.74) is -4.41. The summed E-state index contributed by atoms with van der Waals surface area (Å²) in [6.07, 6.45) is -8.45. The predicted molar refractivity (Wildman–Crippen MR) is 109 cm³/mol. The Labute approximate surface area is 192 Å². The molecule has 1 N–H and O–H groups in total. The first-order chi connectivity index (χ1) is 16.0. The van der Waals surface area contributed by atoms with E-state index >= 15 is 0 Å². The molecule has 3 aliphatic heterocycles. The maximum absolute atomic E-state index is 14.5. The number of aromatic nitrogens is 2. The van der Waals surface area contributed by atoms with Gasteiger partial charge in [0.05, 0.1) is 5.01 Å². The third-order valence-electron chi connectivity index (χ3n) is 6.04. The molecule has 2 bridgehead atoms. The van der Waals surface area contributed by atoms with E-state index in [1.807, 2.05) is 0 Å². The van der Waals surface area contributed by atoms with Crippen LogP contribution in [-0.2, 0) is 16.8 Å². The number of hydrogen-bond acceptors (Lipinski definition) is 8. The van der Waals surface area contributed by atoms with E-state index in [-0.39, 0.29) is 23.1 Å². The zero-order valence-electron chi connectivity index (χ0n) is 17.5. The van der Waals surface area contributed by atoms with Crippen molar-refractivity contribution in [3.05, 3.63) is 34.3 Å². The Morgan fingerprint density at radius 1 is 1.18 bits per heavy atom. The van der Waals surface area contributed by atoms with Gasteiger partial charge in [-0.3, -0.25) is 0 Å². The van der Waals surface area contributed by atoms with Gasteiger partial charge in [-0.05, 0) is 18.6 Å². The molecule has 3 saturated heterocycles. The van der Waals surface area contributed by atoms with Gasteiger partial charge in [-0.15, -0.1) is 24.5 Å². The molecular formula is C20H18F6N4O3S. The zero-order chi connectivity index (χ0) is 24.3. The number of methoxy groups -OCH3 is 1. The maximum atomic E-state index is 14.5. The molecule has 3 atom stereocenters. The highest BCUT2D eigenvalue weighted by molar-refractivity contribution is 7.09. The second-order valence-electron chi connectivity index (χ2n) is 8.17. The number of thiazole rings is 1. The molecule has 0 spiro atoms. The first-order valence-electron chi connectivity index (χ1n) is 10.2. The molecule has 2 aromatic heterocycles. The maximum Gasteiger partial charge on any atom is 0.573 e. The number of hydrogen-bond donors (Lipinski definition) is 1. The zero-order valence-corrected chi connectivity index (χ0v) is 18.4. The highest BCUT2D eigenvalue weighted by Crippen LogP contribution is 2.49. The number of ether oxygens (including phenoxy) is 2. The molecule has 5 heterocycles. The standard InChI is InChI=1S/C20H18F6N4O3S/c1-31-18(19(21,22)23,7-14-27-4-5-34-14)12-2-3-13(33-20(24,25)26)15-16(12)32-17(29-15)30-8-10-6-11(9-30)28-10/h2-5,10-11,28H,6-9H2,1H3. The van der Waals surface area contributed by atoms with Gasteiger partial charge >= 0.3 is 12.5 Å². The Hall–Kier alpha value is -2.58. The van der Waals surface area contributed by atoms with Gasteiger partial charge in [0, 0.05) is 55.8 Å². The summed E-state index contributed by atoms with van der Waals surface area (Å²) >= 11 is 0.999. The minimum absolute atomic E-state index is 0.0768. The van der Waals surface area contributed by atoms with Crippen molar-refractivity contribution in [1.29, 1.82) is 0 Å². The van der Waals surface area contributed by atoms with E-state index in [0.29, 0.717) is 13.1 Å². The Morgan fingerprint density at radius 2 is 1.88 bits per heavy atom. The SMILES string of the molecule is COC(Cc1nccs1)(c1ccc(OC(F)(F)F)c2nc(N3CC4CC(C3)N4)oc12)C(F)(F)F. The lowest BCUT2D eigenvalue weighted by molar-refractivity contribution is -0.277. The molecule has 3 unspecified atom stereocenters. The monoisotopic (exact) mass is 508 g/mol. The van der Waals surface area contributed by atoms with E-state index < -0.39 is 47.0 Å². The Balaban J connectivity index is 1.68. The number of alkyl halides is 6. The first-order valence-corrected chi connectivity index (χ1v) is 11.1. The van der Waals surface area contributed by atoms with E-state index in [1.54, 1.807) is 4.90 Å². The van der Waals surface area contributed by atoms with E-state index in [4.69, 9.17) is 9.15 Å². The summed E-state index contributed by atoms with van der Waals surface area (Å²) in [6, 6.07) is 1.90. The predicted octanol–water partition coefficient (Wildman–Crippen LogP) is 4.38. The molecule has 3 aliphatic rings. The van der Waals surface area contributed by atoms with Crippen LogP contribution in [0.25, 0.3) is 11.1 Å². The van der Waals surface area contributed by atoms with Crippen molar-refractivity contribution in [2.24, 2.45) is 0 Å². The number of anilines is 1. The highest BCUT2D eigenvalue weighted by Gasteiger charge is 2.59. The fraction of sp³-hybridized carbons (Fsp3) is 0.500. The lowest BCUT2D eigenvalue weighted by atomic mass is 9.88. The van der Waals surface area contributed by atoms with Crippen LogP contribution in [0.4, 0.5) is 32.4 Å². The van der Waals surface area contributed by atoms with Gasteiger partial charge in [-0.2, -0.15) is 18.2 Å². The van der Waals surface area contributed by atoms with Crippen molar-refractivity contribution < 1.29 is 40.2 Å². The molecule has 0 saturated carbocycles. The Bertz CT molecular complexity index is 1170. The Kier molecular flexibility index (Phi) is 5.44. The molecule has 6 rings (SSSR count). The minimum atomic E-state index is -5.08. The van der Waals surface area contributed by atoms with Crippen LogP contribution < -0.4 is 15.0 Å². The fourth-order valence-corrected chi connectivity index (χ4v) is 5.19. The van der Waals surface area contributed by atoms with Gasteiger partial charge in [0.2, 0.25) is 0 Å². The number of nitrogens with zero attached hydrogens (tertiary/aromatic N) is 3. The van der Waals surface area contributed by atoms with Gasteiger partial charge in [-0.25, -0.2) is 4.98 Å². The number of benzene rings is 1. The number of piperidine rings is 1. The van der Waals surface area contributed by atoms with Gasteiger partial charge < -0.3 is 24.1 Å². The van der Waals surface area contributed by atoms with Gasteiger partial charge in [0.1, 0.15) is 0 Å². The van der Waals surface area contributed by atoms with Crippen molar-refractivity contribution in [2.45, 2.75) is 43.1 Å². The van der Waals surface area contributed by atoms with E-state index in [9.17, 15) is 26.3 Å². The third kappa shape index (κ3) is 3.96. The second kappa shape index (κ2) is 7.99. The lowest BCUT2D eigenvalue weighted by Crippen LogP contribution is -2.67. The van der Waals surface area contributed by atoms with Gasteiger partial charge in [-0.1, -0.05) is 0 Å². The van der Waals surface area contributed by atoms with Crippen LogP contribution in [0.2, 0.25) is 0 Å². The molecule has 34 heavy (non-hydrogen) atoms. The number of piperazine rings is 1. The summed E-state index contributed by atoms with van der Waals surface area (Å²) in [5, 5.41) is 4.93. The smallest absolute Gasteiger partial charge is 0.423 e. The van der Waals surface area contributed by atoms with E-state index in [2.05, 4.69) is 20.0 Å². The molecule has 0 amide bonds. The van der Waals surface area contributed by atoms with Crippen molar-refractivity contribution in [3.8, 4) is 5.75 Å². The third-order valence-corrected chi connectivity index (χ3v) is 6.82. The molecular weight excluding hydrogens is 490 g/mol. The Morgan fingerprint density at radius 3 is 2.44 bits per heavy atom. The van der Waals surface area contributed by atoms with Crippen LogP contribution in [0, 0.1) is 0 Å². The number of halogens is 6. The molecule has 0 radical (unpaired) electrons. The molecule has 3 aromatic rings. The average molecular weight is 508 g/mol. The number of fused-ring (bicyclic) bond motifs is 3.